The Morgan fingerprint density at radius 2 is 1.35 bits per heavy atom. The topological polar surface area (TPSA) is 97.5 Å². The first-order valence-corrected chi connectivity index (χ1v) is 5.05. The smallest absolute Gasteiger partial charge is 0.0334 e. The Bertz CT molecular complexity index is 402. The maximum absolute atomic E-state index is 8.39. The van der Waals surface area contributed by atoms with E-state index in [9.17, 15) is 0 Å². The lowest BCUT2D eigenvalue weighted by Gasteiger charge is -2.26. The largest absolute Gasteiger partial charge is 0.107 e. The average Bonchev–Trinajstić information content (AvgIpc) is 2.37. The molecule has 0 N–H and O–H groups in total. The highest BCUT2D eigenvalue weighted by Gasteiger charge is 2.27. The molecule has 0 spiro atoms. The van der Waals surface area contributed by atoms with Crippen LogP contribution >= 0.6 is 0 Å². The van der Waals surface area contributed by atoms with Crippen LogP contribution in [0.15, 0.2) is 10.2 Å². The molecule has 0 aromatic heterocycles. The second kappa shape index (κ2) is 9.00. The summed E-state index contributed by atoms with van der Waals surface area (Å²) in [6, 6.07) is 0. The number of rotatable bonds is 6. The molecule has 0 radical (unpaired) electrons. The first-order valence-electron chi connectivity index (χ1n) is 5.05. The highest BCUT2D eigenvalue weighted by Crippen LogP contribution is 2.27. The van der Waals surface area contributed by atoms with Gasteiger partial charge in [0, 0.05) is 41.2 Å². The first-order chi connectivity index (χ1) is 8.24. The van der Waals surface area contributed by atoms with Crippen molar-refractivity contribution in [3.8, 4) is 23.7 Å². The van der Waals surface area contributed by atoms with Crippen LogP contribution in [0.25, 0.3) is 20.9 Å². The molecule has 0 atom stereocenters. The maximum Gasteiger partial charge on any atom is 0.0334 e. The quantitative estimate of drug-likeness (QED) is 0.289. The summed E-state index contributed by atoms with van der Waals surface area (Å²) in [5, 5.41) is 7.13. The molecule has 0 aromatic rings. The predicted molar refractivity (Wildman–Crippen MR) is 66.6 cm³/mol. The molecule has 0 rings (SSSR count). The molecule has 0 saturated heterocycles. The fraction of sp³-hybridized carbons (Fsp3) is 0.636. The lowest BCUT2D eigenvalue weighted by Crippen LogP contribution is -2.27. The van der Waals surface area contributed by atoms with E-state index in [1.165, 1.54) is 0 Å². The van der Waals surface area contributed by atoms with Crippen molar-refractivity contribution in [2.75, 3.05) is 13.1 Å². The summed E-state index contributed by atoms with van der Waals surface area (Å²) in [4.78, 5) is 5.48. The number of nitrogens with zero attached hydrogens (tertiary/aromatic N) is 6. The summed E-state index contributed by atoms with van der Waals surface area (Å²) < 4.78 is 0. The van der Waals surface area contributed by atoms with Gasteiger partial charge in [0.1, 0.15) is 0 Å². The minimum atomic E-state index is -0.482. The predicted octanol–water partition coefficient (Wildman–Crippen LogP) is 3.42. The van der Waals surface area contributed by atoms with E-state index in [4.69, 9.17) is 11.1 Å². The molecule has 6 nitrogen and oxygen atoms in total. The Hall–Kier alpha value is -2.26. The molecule has 0 bridgehead atoms. The Kier molecular flexibility index (Phi) is 7.80. The zero-order chi connectivity index (χ0) is 13.0. The van der Waals surface area contributed by atoms with Crippen LogP contribution in [0.5, 0.6) is 0 Å². The van der Waals surface area contributed by atoms with Crippen LogP contribution < -0.4 is 0 Å². The van der Waals surface area contributed by atoms with E-state index in [1.807, 2.05) is 0 Å². The third-order valence-electron chi connectivity index (χ3n) is 2.22. The summed E-state index contributed by atoms with van der Waals surface area (Å²) in [5.41, 5.74) is 16.3. The highest BCUT2D eigenvalue weighted by atomic mass is 15.2. The van der Waals surface area contributed by atoms with Crippen molar-refractivity contribution < 1.29 is 0 Å². The zero-order valence-corrected chi connectivity index (χ0v) is 10.0. The first kappa shape index (κ1) is 14.7. The van der Waals surface area contributed by atoms with Crippen LogP contribution in [-0.4, -0.2) is 13.1 Å². The monoisotopic (exact) mass is 230 g/mol. The van der Waals surface area contributed by atoms with Crippen molar-refractivity contribution in [2.24, 2.45) is 15.6 Å². The minimum absolute atomic E-state index is 0.228. The Labute approximate surface area is 101 Å². The van der Waals surface area contributed by atoms with Crippen LogP contribution in [0, 0.1) is 29.1 Å². The van der Waals surface area contributed by atoms with E-state index in [1.54, 1.807) is 13.8 Å². The molecule has 0 aliphatic rings. The number of hydrogen-bond acceptors (Lipinski definition) is 2. The molecule has 0 aliphatic carbocycles. The van der Waals surface area contributed by atoms with Crippen molar-refractivity contribution >= 4 is 0 Å². The summed E-state index contributed by atoms with van der Waals surface area (Å²) >= 11 is 0. The standard InChI is InChI=1S/C11H14N6/c1-3-5-7-11(8-6-4-2,9-14-16-12)10-15-17-13/h7-10H2,1-2H3. The van der Waals surface area contributed by atoms with Gasteiger partial charge in [-0.15, -0.1) is 23.7 Å². The van der Waals surface area contributed by atoms with Crippen molar-refractivity contribution in [3.63, 3.8) is 0 Å². The van der Waals surface area contributed by atoms with Gasteiger partial charge < -0.3 is 0 Å². The van der Waals surface area contributed by atoms with E-state index in [-0.39, 0.29) is 13.1 Å². The molecule has 17 heavy (non-hydrogen) atoms. The molecule has 0 saturated carbocycles. The molecular weight excluding hydrogens is 216 g/mol. The lowest BCUT2D eigenvalue weighted by atomic mass is 9.81. The Morgan fingerprint density at radius 1 is 0.941 bits per heavy atom. The second-order valence-corrected chi connectivity index (χ2v) is 3.49. The van der Waals surface area contributed by atoms with Crippen molar-refractivity contribution in [1.82, 2.24) is 0 Å². The molecular formula is C11H14N6. The van der Waals surface area contributed by atoms with Crippen LogP contribution in [0.1, 0.15) is 26.7 Å². The third kappa shape index (κ3) is 6.02. The summed E-state index contributed by atoms with van der Waals surface area (Å²) in [6.07, 6.45) is 0.992. The van der Waals surface area contributed by atoms with Gasteiger partial charge in [-0.1, -0.05) is 10.2 Å². The fourth-order valence-electron chi connectivity index (χ4n) is 1.25. The van der Waals surface area contributed by atoms with Gasteiger partial charge in [-0.25, -0.2) is 0 Å². The molecule has 6 heteroatoms. The van der Waals surface area contributed by atoms with Gasteiger partial charge in [0.05, 0.1) is 0 Å². The SMILES string of the molecule is CC#CCC(CC#CC)(CN=[N+]=[N-])CN=[N+]=[N-]. The number of hydrogen-bond donors (Lipinski definition) is 0. The summed E-state index contributed by atoms with van der Waals surface area (Å²) in [7, 11) is 0. The third-order valence-corrected chi connectivity index (χ3v) is 2.22. The van der Waals surface area contributed by atoms with Gasteiger partial charge in [-0.05, 0) is 24.9 Å². The molecule has 0 amide bonds. The highest BCUT2D eigenvalue weighted by molar-refractivity contribution is 5.08. The summed E-state index contributed by atoms with van der Waals surface area (Å²) in [6.45, 7) is 3.92. The molecule has 0 fully saturated rings. The van der Waals surface area contributed by atoms with E-state index >= 15 is 0 Å². The van der Waals surface area contributed by atoms with Gasteiger partial charge in [0.25, 0.3) is 0 Å². The van der Waals surface area contributed by atoms with Gasteiger partial charge in [0.15, 0.2) is 0 Å². The zero-order valence-electron chi connectivity index (χ0n) is 10.0. The van der Waals surface area contributed by atoms with E-state index in [2.05, 4.69) is 43.7 Å². The molecule has 0 aromatic carbocycles. The molecule has 0 unspecified atom stereocenters. The van der Waals surface area contributed by atoms with Crippen LogP contribution in [0.3, 0.4) is 0 Å². The van der Waals surface area contributed by atoms with E-state index in [0.29, 0.717) is 12.8 Å². The van der Waals surface area contributed by atoms with Crippen molar-refractivity contribution in [1.29, 1.82) is 0 Å². The second-order valence-electron chi connectivity index (χ2n) is 3.49. The summed E-state index contributed by atoms with van der Waals surface area (Å²) in [5.74, 6) is 11.4. The van der Waals surface area contributed by atoms with E-state index < -0.39 is 5.41 Å². The fourth-order valence-corrected chi connectivity index (χ4v) is 1.25. The maximum atomic E-state index is 8.39. The van der Waals surface area contributed by atoms with Crippen LogP contribution in [-0.2, 0) is 0 Å². The molecule has 88 valence electrons. The Morgan fingerprint density at radius 3 is 1.65 bits per heavy atom. The van der Waals surface area contributed by atoms with E-state index in [0.717, 1.165) is 0 Å². The minimum Gasteiger partial charge on any atom is -0.107 e. The van der Waals surface area contributed by atoms with Crippen molar-refractivity contribution in [3.05, 3.63) is 20.9 Å². The Balaban J connectivity index is 5.08. The normalized spacial score (nSPS) is 8.59. The average molecular weight is 230 g/mol. The molecule has 0 heterocycles. The van der Waals surface area contributed by atoms with Gasteiger partial charge in [-0.2, -0.15) is 0 Å². The van der Waals surface area contributed by atoms with Crippen molar-refractivity contribution in [2.45, 2.75) is 26.7 Å². The molecule has 0 aliphatic heterocycles. The number of azide groups is 2. The van der Waals surface area contributed by atoms with Crippen LogP contribution in [0.2, 0.25) is 0 Å². The van der Waals surface area contributed by atoms with Gasteiger partial charge >= 0.3 is 0 Å². The van der Waals surface area contributed by atoms with Gasteiger partial charge in [-0.3, -0.25) is 0 Å². The van der Waals surface area contributed by atoms with Crippen LogP contribution in [0.4, 0.5) is 0 Å². The van der Waals surface area contributed by atoms with Gasteiger partial charge in [0.2, 0.25) is 0 Å². The lowest BCUT2D eigenvalue weighted by molar-refractivity contribution is 0.327.